The van der Waals surface area contributed by atoms with Gasteiger partial charge in [0.25, 0.3) is 0 Å². The average molecular weight is 541 g/mol. The molecule has 0 aliphatic carbocycles. The number of carbonyl (C=O) groups is 1. The number of phenols is 1. The number of nitrogens with one attached hydrogen (secondary N) is 1. The van der Waals surface area contributed by atoms with Crippen LogP contribution in [0.2, 0.25) is 0 Å². The van der Waals surface area contributed by atoms with Gasteiger partial charge in [-0.3, -0.25) is 4.98 Å². The van der Waals surface area contributed by atoms with Gasteiger partial charge >= 0.3 is 12.1 Å². The number of pyridine rings is 1. The Balaban J connectivity index is 0.000000509. The molecule has 0 amide bonds. The van der Waals surface area contributed by atoms with Gasteiger partial charge in [0.1, 0.15) is 0 Å². The van der Waals surface area contributed by atoms with Crippen LogP contribution in [0.3, 0.4) is 0 Å². The average Bonchev–Trinajstić information content (AvgIpc) is 2.81. The summed E-state index contributed by atoms with van der Waals surface area (Å²) < 4.78 is 37.8. The summed E-state index contributed by atoms with van der Waals surface area (Å²) in [5.74, 6) is -2.14. The molecule has 0 saturated heterocycles. The molecule has 0 fully saturated rings. The van der Waals surface area contributed by atoms with Gasteiger partial charge in [0.05, 0.1) is 12.8 Å². The smallest absolute Gasteiger partial charge is 0.490 e. The quantitative estimate of drug-likeness (QED) is 0.353. The summed E-state index contributed by atoms with van der Waals surface area (Å²) in [6, 6.07) is 18.1. The summed E-state index contributed by atoms with van der Waals surface area (Å²) in [7, 11) is 1.54. The fourth-order valence-electron chi connectivity index (χ4n) is 2.93. The minimum atomic E-state index is -5.08. The fraction of sp³-hybridized carbons (Fsp3) is 0.250. The van der Waals surface area contributed by atoms with Crippen molar-refractivity contribution in [2.45, 2.75) is 25.6 Å². The molecule has 3 aromatic rings. The maximum atomic E-state index is 10.6. The third kappa shape index (κ3) is 8.03. The highest BCUT2D eigenvalue weighted by atomic mass is 79.9. The van der Waals surface area contributed by atoms with E-state index in [-0.39, 0.29) is 11.8 Å². The maximum Gasteiger partial charge on any atom is 0.490 e. The Kier molecular flexibility index (Phi) is 9.88. The van der Waals surface area contributed by atoms with E-state index in [1.165, 1.54) is 5.56 Å². The van der Waals surface area contributed by atoms with Crippen molar-refractivity contribution in [3.05, 3.63) is 76.5 Å². The Morgan fingerprint density at radius 3 is 2.32 bits per heavy atom. The number of methoxy groups -OCH3 is 1. The van der Waals surface area contributed by atoms with Gasteiger partial charge in [-0.2, -0.15) is 13.2 Å². The van der Waals surface area contributed by atoms with Crippen LogP contribution in [0.1, 0.15) is 24.2 Å². The first-order valence-corrected chi connectivity index (χ1v) is 10.9. The van der Waals surface area contributed by atoms with Gasteiger partial charge in [-0.1, -0.05) is 52.3 Å². The summed E-state index contributed by atoms with van der Waals surface area (Å²) in [4.78, 5) is 13.5. The van der Waals surface area contributed by atoms with Crippen LogP contribution in [-0.4, -0.2) is 41.0 Å². The molecular formula is C24H24BrF3N2O4. The number of carboxylic acids is 1. The number of aromatic hydroxyl groups is 1. The first-order valence-electron chi connectivity index (χ1n) is 10.1. The number of aromatic nitrogens is 1. The highest BCUT2D eigenvalue weighted by molar-refractivity contribution is 9.10. The molecule has 0 aliphatic rings. The van der Waals surface area contributed by atoms with E-state index in [0.717, 1.165) is 34.3 Å². The van der Waals surface area contributed by atoms with Crippen molar-refractivity contribution in [3.63, 3.8) is 0 Å². The molecule has 1 aromatic heterocycles. The van der Waals surface area contributed by atoms with Gasteiger partial charge in [-0.25, -0.2) is 4.79 Å². The molecule has 3 rings (SSSR count). The highest BCUT2D eigenvalue weighted by Crippen LogP contribution is 2.32. The van der Waals surface area contributed by atoms with Gasteiger partial charge < -0.3 is 20.3 Å². The first-order chi connectivity index (χ1) is 16.0. The molecule has 3 N–H and O–H groups in total. The van der Waals surface area contributed by atoms with E-state index in [0.29, 0.717) is 5.75 Å². The van der Waals surface area contributed by atoms with Crippen LogP contribution >= 0.6 is 15.9 Å². The zero-order chi connectivity index (χ0) is 25.3. The van der Waals surface area contributed by atoms with Crippen molar-refractivity contribution < 1.29 is 32.9 Å². The van der Waals surface area contributed by atoms with Gasteiger partial charge in [-0.05, 0) is 49.2 Å². The van der Waals surface area contributed by atoms with E-state index in [4.69, 9.17) is 14.6 Å². The second kappa shape index (κ2) is 12.4. The van der Waals surface area contributed by atoms with E-state index >= 15 is 0 Å². The molecule has 1 unspecified atom stereocenters. The van der Waals surface area contributed by atoms with Crippen LogP contribution in [0.5, 0.6) is 11.5 Å². The van der Waals surface area contributed by atoms with Crippen LogP contribution in [0.4, 0.5) is 13.2 Å². The van der Waals surface area contributed by atoms with Crippen molar-refractivity contribution >= 4 is 21.9 Å². The summed E-state index contributed by atoms with van der Waals surface area (Å²) in [6.07, 6.45) is -2.38. The van der Waals surface area contributed by atoms with E-state index in [1.807, 2.05) is 24.4 Å². The largest absolute Gasteiger partial charge is 0.504 e. The number of alkyl halides is 3. The molecule has 0 aliphatic heterocycles. The van der Waals surface area contributed by atoms with Gasteiger partial charge in [0.15, 0.2) is 11.5 Å². The molecule has 2 aromatic carbocycles. The van der Waals surface area contributed by atoms with Crippen molar-refractivity contribution in [2.24, 2.45) is 0 Å². The number of aliphatic carboxylic acids is 1. The number of phenolic OH excluding ortho intramolecular Hbond substituents is 1. The number of halogens is 4. The number of hydrogen-bond acceptors (Lipinski definition) is 5. The Bertz CT molecular complexity index is 1080. The van der Waals surface area contributed by atoms with Crippen LogP contribution in [0.15, 0.2) is 65.3 Å². The Morgan fingerprint density at radius 2 is 1.79 bits per heavy atom. The lowest BCUT2D eigenvalue weighted by Crippen LogP contribution is -2.22. The minimum absolute atomic E-state index is 0.139. The number of benzene rings is 2. The number of nitrogens with zero attached hydrogens (tertiary/aromatic N) is 1. The predicted molar refractivity (Wildman–Crippen MR) is 126 cm³/mol. The molecule has 1 atom stereocenters. The van der Waals surface area contributed by atoms with Crippen molar-refractivity contribution in [3.8, 4) is 22.6 Å². The van der Waals surface area contributed by atoms with Crippen LogP contribution in [0.25, 0.3) is 11.1 Å². The van der Waals surface area contributed by atoms with E-state index in [2.05, 4.69) is 57.4 Å². The minimum Gasteiger partial charge on any atom is -0.504 e. The molecule has 0 bridgehead atoms. The zero-order valence-corrected chi connectivity index (χ0v) is 20.0. The molecular weight excluding hydrogens is 517 g/mol. The van der Waals surface area contributed by atoms with Crippen molar-refractivity contribution in [1.29, 1.82) is 0 Å². The fourth-order valence-corrected chi connectivity index (χ4v) is 3.45. The molecule has 6 nitrogen and oxygen atoms in total. The summed E-state index contributed by atoms with van der Waals surface area (Å²) in [5, 5.41) is 20.6. The Labute approximate surface area is 203 Å². The summed E-state index contributed by atoms with van der Waals surface area (Å²) in [5.41, 5.74) is 4.32. The van der Waals surface area contributed by atoms with Crippen molar-refractivity contribution in [2.75, 3.05) is 13.7 Å². The number of carboxylic acid groups (broad SMARTS) is 1. The highest BCUT2D eigenvalue weighted by Gasteiger charge is 2.38. The third-order valence-electron chi connectivity index (χ3n) is 4.77. The van der Waals surface area contributed by atoms with E-state index in [9.17, 15) is 18.3 Å². The number of ether oxygens (including phenoxy) is 1. The standard InChI is InChI=1S/C22H23BrN2O2.C2HF3O2/c1-15(20-9-8-18(14-25-20)16-6-4-3-5-7-16)24-11-10-17-12-21(26)22(27-2)13-19(17)23;3-2(4,5)1(6)7/h3-9,12-15,24,26H,10-11H2,1-2H3;(H,6,7). The Morgan fingerprint density at radius 1 is 1.15 bits per heavy atom. The molecule has 0 radical (unpaired) electrons. The molecule has 0 spiro atoms. The molecule has 0 saturated carbocycles. The number of hydrogen-bond donors (Lipinski definition) is 3. The van der Waals surface area contributed by atoms with Crippen LogP contribution in [0, 0.1) is 0 Å². The maximum absolute atomic E-state index is 10.6. The van der Waals surface area contributed by atoms with Crippen LogP contribution < -0.4 is 10.1 Å². The summed E-state index contributed by atoms with van der Waals surface area (Å²) >= 11 is 3.53. The topological polar surface area (TPSA) is 91.7 Å². The van der Waals surface area contributed by atoms with Crippen molar-refractivity contribution in [1.82, 2.24) is 10.3 Å². The molecule has 10 heteroatoms. The van der Waals surface area contributed by atoms with Gasteiger partial charge in [0.2, 0.25) is 0 Å². The van der Waals surface area contributed by atoms with E-state index < -0.39 is 12.1 Å². The molecule has 34 heavy (non-hydrogen) atoms. The molecule has 1 heterocycles. The monoisotopic (exact) mass is 540 g/mol. The second-order valence-electron chi connectivity index (χ2n) is 7.18. The number of rotatable bonds is 7. The lowest BCUT2D eigenvalue weighted by molar-refractivity contribution is -0.192. The Hall–Kier alpha value is -3.11. The SMILES string of the molecule is COc1cc(Br)c(CCNC(C)c2ccc(-c3ccccc3)cn2)cc1O.O=C(O)C(F)(F)F. The van der Waals surface area contributed by atoms with Crippen LogP contribution in [-0.2, 0) is 11.2 Å². The zero-order valence-electron chi connectivity index (χ0n) is 18.4. The first kappa shape index (κ1) is 27.1. The third-order valence-corrected chi connectivity index (χ3v) is 5.51. The van der Waals surface area contributed by atoms with Gasteiger partial charge in [-0.15, -0.1) is 0 Å². The lowest BCUT2D eigenvalue weighted by atomic mass is 10.1. The molecule has 182 valence electrons. The summed E-state index contributed by atoms with van der Waals surface area (Å²) in [6.45, 7) is 2.87. The predicted octanol–water partition coefficient (Wildman–Crippen LogP) is 5.75. The second-order valence-corrected chi connectivity index (χ2v) is 8.04. The lowest BCUT2D eigenvalue weighted by Gasteiger charge is -2.15. The van der Waals surface area contributed by atoms with E-state index in [1.54, 1.807) is 19.2 Å². The van der Waals surface area contributed by atoms with Gasteiger partial charge in [0, 0.05) is 22.3 Å². The normalized spacial score (nSPS) is 11.8.